The summed E-state index contributed by atoms with van der Waals surface area (Å²) in [4.78, 5) is 13.1. The van der Waals surface area contributed by atoms with Crippen LogP contribution in [0.2, 0.25) is 0 Å². The van der Waals surface area contributed by atoms with Gasteiger partial charge < -0.3 is 4.98 Å². The van der Waals surface area contributed by atoms with E-state index in [9.17, 15) is 9.18 Å². The highest BCUT2D eigenvalue weighted by Crippen LogP contribution is 1.91. The number of aromatic nitrogens is 1. The van der Waals surface area contributed by atoms with Crippen LogP contribution in [0.15, 0.2) is 18.6 Å². The van der Waals surface area contributed by atoms with Crippen molar-refractivity contribution < 1.29 is 9.18 Å². The van der Waals surface area contributed by atoms with E-state index in [-0.39, 0.29) is 0 Å². The summed E-state index contributed by atoms with van der Waals surface area (Å²) in [5.74, 6) is -0.595. The Labute approximate surface area is 68.7 Å². The lowest BCUT2D eigenvalue weighted by molar-refractivity contribution is 0.112. The Morgan fingerprint density at radius 1 is 1.67 bits per heavy atom. The summed E-state index contributed by atoms with van der Waals surface area (Å²) in [6.07, 6.45) is 3.28. The minimum Gasteiger partial charge on any atom is -0.361 e. The van der Waals surface area contributed by atoms with E-state index in [2.05, 4.69) is 18.1 Å². The molecule has 0 radical (unpaired) electrons. The van der Waals surface area contributed by atoms with Crippen LogP contribution in [0, 0.1) is 0 Å². The van der Waals surface area contributed by atoms with Crippen molar-refractivity contribution in [2.24, 2.45) is 0 Å². The van der Waals surface area contributed by atoms with Gasteiger partial charge in [0.2, 0.25) is 0 Å². The quantitative estimate of drug-likeness (QED) is 0.636. The van der Waals surface area contributed by atoms with Crippen molar-refractivity contribution in [1.29, 1.82) is 0 Å². The van der Waals surface area contributed by atoms with Crippen molar-refractivity contribution in [2.45, 2.75) is 0 Å². The van der Waals surface area contributed by atoms with E-state index < -0.39 is 5.83 Å². The summed E-state index contributed by atoms with van der Waals surface area (Å²) in [5, 5.41) is 0.966. The van der Waals surface area contributed by atoms with Gasteiger partial charge in [0, 0.05) is 22.3 Å². The Morgan fingerprint density at radius 3 is 2.83 bits per heavy atom. The molecule has 1 N–H and O–H groups in total. The fraction of sp³-hybridized carbons (Fsp3) is 0. The second-order valence-corrected chi connectivity index (χ2v) is 2.35. The van der Waals surface area contributed by atoms with Crippen molar-refractivity contribution in [2.75, 3.05) is 0 Å². The number of rotatable bonds is 2. The monoisotopic (exact) mass is 165 g/mol. The standard InChI is InChI=1S/C9H8FNO/c1-6(10)3-9-7(2)11-4-8(9)5-12/h3-5,11H,1-2H2/b9-3+. The maximum atomic E-state index is 12.4. The molecule has 0 atom stereocenters. The lowest BCUT2D eigenvalue weighted by atomic mass is 10.2. The topological polar surface area (TPSA) is 32.9 Å². The van der Waals surface area contributed by atoms with Gasteiger partial charge in [-0.3, -0.25) is 4.79 Å². The van der Waals surface area contributed by atoms with Crippen LogP contribution < -0.4 is 10.6 Å². The summed E-state index contributed by atoms with van der Waals surface area (Å²) < 4.78 is 12.4. The van der Waals surface area contributed by atoms with Gasteiger partial charge in [-0.05, 0) is 6.08 Å². The molecule has 0 saturated carbocycles. The van der Waals surface area contributed by atoms with Crippen molar-refractivity contribution in [3.05, 3.63) is 34.7 Å². The van der Waals surface area contributed by atoms with E-state index in [0.717, 1.165) is 0 Å². The van der Waals surface area contributed by atoms with Gasteiger partial charge in [-0.25, -0.2) is 4.39 Å². The first-order chi connectivity index (χ1) is 5.65. The smallest absolute Gasteiger partial charge is 0.152 e. The molecule has 0 fully saturated rings. The molecular weight excluding hydrogens is 157 g/mol. The first-order valence-electron chi connectivity index (χ1n) is 3.33. The predicted octanol–water partition coefficient (Wildman–Crippen LogP) is 0.501. The second kappa shape index (κ2) is 3.17. The summed E-state index contributed by atoms with van der Waals surface area (Å²) in [7, 11) is 0. The molecule has 0 aliphatic heterocycles. The molecule has 0 unspecified atom stereocenters. The molecule has 2 nitrogen and oxygen atoms in total. The number of nitrogens with one attached hydrogen (secondary N) is 1. The molecule has 0 bridgehead atoms. The molecule has 0 spiro atoms. The number of carbonyl (C=O) groups excluding carboxylic acids is 1. The third-order valence-electron chi connectivity index (χ3n) is 1.47. The van der Waals surface area contributed by atoms with E-state index in [4.69, 9.17) is 0 Å². The van der Waals surface area contributed by atoms with Crippen LogP contribution in [0.25, 0.3) is 12.7 Å². The molecule has 3 heteroatoms. The van der Waals surface area contributed by atoms with E-state index in [1.165, 1.54) is 12.3 Å². The van der Waals surface area contributed by atoms with Crippen LogP contribution >= 0.6 is 0 Å². The lowest BCUT2D eigenvalue weighted by Gasteiger charge is -1.81. The number of carbonyl (C=O) groups is 1. The summed E-state index contributed by atoms with van der Waals surface area (Å²) in [5.41, 5.74) is 0.388. The molecular formula is C9H8FNO. The molecule has 12 heavy (non-hydrogen) atoms. The third-order valence-corrected chi connectivity index (χ3v) is 1.47. The highest BCUT2D eigenvalue weighted by molar-refractivity contribution is 5.75. The highest BCUT2D eigenvalue weighted by Gasteiger charge is 1.95. The number of allylic oxidation sites excluding steroid dienone is 1. The van der Waals surface area contributed by atoms with Gasteiger partial charge in [-0.15, -0.1) is 0 Å². The van der Waals surface area contributed by atoms with Crippen LogP contribution in [0.3, 0.4) is 0 Å². The molecule has 1 heterocycles. The molecule has 0 amide bonds. The van der Waals surface area contributed by atoms with Crippen molar-refractivity contribution >= 4 is 18.9 Å². The zero-order valence-electron chi connectivity index (χ0n) is 6.43. The fourth-order valence-corrected chi connectivity index (χ4v) is 0.919. The van der Waals surface area contributed by atoms with E-state index in [1.54, 1.807) is 0 Å². The summed E-state index contributed by atoms with van der Waals surface area (Å²) >= 11 is 0. The minimum absolute atomic E-state index is 0.388. The van der Waals surface area contributed by atoms with E-state index in [1.807, 2.05) is 0 Å². The molecule has 1 rings (SSSR count). The zero-order valence-corrected chi connectivity index (χ0v) is 6.43. The maximum absolute atomic E-state index is 12.4. The van der Waals surface area contributed by atoms with Crippen molar-refractivity contribution in [3.63, 3.8) is 0 Å². The minimum atomic E-state index is -0.595. The lowest BCUT2D eigenvalue weighted by Crippen LogP contribution is -2.23. The maximum Gasteiger partial charge on any atom is 0.152 e. The van der Waals surface area contributed by atoms with Gasteiger partial charge in [0.15, 0.2) is 6.29 Å². The number of halogens is 1. The molecule has 0 saturated heterocycles. The first-order valence-corrected chi connectivity index (χ1v) is 3.33. The molecule has 0 aromatic carbocycles. The number of hydrogen-bond donors (Lipinski definition) is 1. The summed E-state index contributed by atoms with van der Waals surface area (Å²) in [6.45, 7) is 6.66. The van der Waals surface area contributed by atoms with E-state index in [0.29, 0.717) is 22.4 Å². The number of aldehydes is 1. The zero-order chi connectivity index (χ0) is 9.14. The highest BCUT2D eigenvalue weighted by atomic mass is 19.1. The van der Waals surface area contributed by atoms with Crippen LogP contribution in [-0.4, -0.2) is 11.3 Å². The number of hydrogen-bond acceptors (Lipinski definition) is 1. The molecule has 0 aliphatic carbocycles. The van der Waals surface area contributed by atoms with Gasteiger partial charge >= 0.3 is 0 Å². The average molecular weight is 165 g/mol. The Morgan fingerprint density at radius 2 is 2.33 bits per heavy atom. The number of H-pyrrole nitrogens is 1. The normalized spacial score (nSPS) is 11.6. The Hall–Kier alpha value is -1.64. The van der Waals surface area contributed by atoms with Gasteiger partial charge in [-0.2, -0.15) is 0 Å². The van der Waals surface area contributed by atoms with Gasteiger partial charge in [0.25, 0.3) is 0 Å². The molecule has 62 valence electrons. The summed E-state index contributed by atoms with van der Waals surface area (Å²) in [6, 6.07) is 0. The van der Waals surface area contributed by atoms with Gasteiger partial charge in [-0.1, -0.05) is 13.2 Å². The Kier molecular flexibility index (Phi) is 2.24. The molecule has 1 aromatic rings. The Bertz CT molecular complexity index is 416. The van der Waals surface area contributed by atoms with Gasteiger partial charge in [0.1, 0.15) is 5.83 Å². The predicted molar refractivity (Wildman–Crippen MR) is 45.7 cm³/mol. The van der Waals surface area contributed by atoms with Crippen LogP contribution in [0.5, 0.6) is 0 Å². The van der Waals surface area contributed by atoms with Crippen molar-refractivity contribution in [1.82, 2.24) is 4.98 Å². The van der Waals surface area contributed by atoms with Crippen LogP contribution in [-0.2, 0) is 0 Å². The fourth-order valence-electron chi connectivity index (χ4n) is 0.919. The third kappa shape index (κ3) is 1.50. The first kappa shape index (κ1) is 8.46. The second-order valence-electron chi connectivity index (χ2n) is 2.35. The SMILES string of the molecule is C=C(F)/C=c1/c(C=O)c[nH]c1=C. The average Bonchev–Trinajstić information content (AvgIpc) is 2.32. The molecule has 0 aliphatic rings. The largest absolute Gasteiger partial charge is 0.361 e. The van der Waals surface area contributed by atoms with Crippen LogP contribution in [0.4, 0.5) is 4.39 Å². The van der Waals surface area contributed by atoms with Crippen molar-refractivity contribution in [3.8, 4) is 0 Å². The van der Waals surface area contributed by atoms with E-state index >= 15 is 0 Å². The van der Waals surface area contributed by atoms with Crippen LogP contribution in [0.1, 0.15) is 10.4 Å². The van der Waals surface area contributed by atoms with Gasteiger partial charge in [0.05, 0.1) is 0 Å². The number of aromatic amines is 1. The molecule has 1 aromatic heterocycles. The Balaban J connectivity index is 3.48.